The zero-order chi connectivity index (χ0) is 15.9. The Morgan fingerprint density at radius 2 is 1.95 bits per heavy atom. The average molecular weight is 301 g/mol. The first-order valence-electron chi connectivity index (χ1n) is 7.83. The highest BCUT2D eigenvalue weighted by molar-refractivity contribution is 6.23. The van der Waals surface area contributed by atoms with Crippen molar-refractivity contribution >= 4 is 11.5 Å². The van der Waals surface area contributed by atoms with Crippen LogP contribution in [0.15, 0.2) is 24.0 Å². The van der Waals surface area contributed by atoms with Gasteiger partial charge >= 0.3 is 0 Å². The van der Waals surface area contributed by atoms with Crippen molar-refractivity contribution in [3.05, 3.63) is 40.6 Å². The summed E-state index contributed by atoms with van der Waals surface area (Å²) in [6.45, 7) is 3.96. The fourth-order valence-corrected chi connectivity index (χ4v) is 3.62. The number of ether oxygens (including phenoxy) is 1. The van der Waals surface area contributed by atoms with Gasteiger partial charge in [-0.15, -0.1) is 0 Å². The van der Waals surface area contributed by atoms with Gasteiger partial charge in [0.25, 0.3) is 5.91 Å². The van der Waals surface area contributed by atoms with E-state index in [-0.39, 0.29) is 17.8 Å². The number of hydrogen-bond acceptors (Lipinski definition) is 3. The Morgan fingerprint density at radius 1 is 1.27 bits per heavy atom. The van der Waals surface area contributed by atoms with Crippen molar-refractivity contribution in [1.29, 1.82) is 0 Å². The van der Waals surface area contributed by atoms with Crippen molar-refractivity contribution in [2.24, 2.45) is 0 Å². The number of aryl methyl sites for hydroxylation is 2. The summed E-state index contributed by atoms with van der Waals surface area (Å²) in [4.78, 5) is 12.5. The van der Waals surface area contributed by atoms with Crippen LogP contribution in [0.5, 0.6) is 0 Å². The van der Waals surface area contributed by atoms with E-state index < -0.39 is 5.54 Å². The molecule has 0 radical (unpaired) electrons. The average Bonchev–Trinajstić information content (AvgIpc) is 2.74. The monoisotopic (exact) mass is 301 g/mol. The van der Waals surface area contributed by atoms with E-state index in [1.165, 1.54) is 0 Å². The minimum Gasteiger partial charge on any atom is -0.509 e. The van der Waals surface area contributed by atoms with E-state index in [1.54, 1.807) is 7.11 Å². The van der Waals surface area contributed by atoms with E-state index in [4.69, 9.17) is 4.74 Å². The van der Waals surface area contributed by atoms with Crippen molar-refractivity contribution in [2.45, 2.75) is 51.2 Å². The van der Waals surface area contributed by atoms with Crippen molar-refractivity contribution in [2.75, 3.05) is 7.11 Å². The Bertz CT molecular complexity index is 640. The van der Waals surface area contributed by atoms with E-state index in [0.717, 1.165) is 42.4 Å². The molecule has 118 valence electrons. The maximum atomic E-state index is 12.5. The Morgan fingerprint density at radius 3 is 2.59 bits per heavy atom. The van der Waals surface area contributed by atoms with Gasteiger partial charge in [-0.25, -0.2) is 0 Å². The number of methoxy groups -OCH3 is 1. The second-order valence-electron chi connectivity index (χ2n) is 6.51. The fourth-order valence-electron chi connectivity index (χ4n) is 3.62. The van der Waals surface area contributed by atoms with E-state index >= 15 is 0 Å². The third-order valence-electron chi connectivity index (χ3n) is 5.05. The lowest BCUT2D eigenvalue weighted by atomic mass is 9.79. The molecule has 0 aromatic heterocycles. The summed E-state index contributed by atoms with van der Waals surface area (Å²) in [6.07, 6.45) is 3.36. The number of hydrogen-bond donors (Lipinski definition) is 2. The molecule has 1 saturated carbocycles. The molecule has 0 unspecified atom stereocenters. The summed E-state index contributed by atoms with van der Waals surface area (Å²) in [5.41, 5.74) is 2.76. The van der Waals surface area contributed by atoms with Crippen molar-refractivity contribution in [3.8, 4) is 0 Å². The Balaban J connectivity index is 2.00. The zero-order valence-corrected chi connectivity index (χ0v) is 13.4. The molecule has 2 aliphatic rings. The van der Waals surface area contributed by atoms with Gasteiger partial charge in [0.1, 0.15) is 5.76 Å². The summed E-state index contributed by atoms with van der Waals surface area (Å²) >= 11 is 0. The van der Waals surface area contributed by atoms with Gasteiger partial charge in [0, 0.05) is 7.11 Å². The quantitative estimate of drug-likeness (QED) is 0.882. The first-order chi connectivity index (χ1) is 10.5. The molecule has 3 rings (SSSR count). The van der Waals surface area contributed by atoms with Crippen LogP contribution in [0.2, 0.25) is 0 Å². The third kappa shape index (κ3) is 2.31. The predicted octanol–water partition coefficient (Wildman–Crippen LogP) is 3.03. The summed E-state index contributed by atoms with van der Waals surface area (Å²) in [5.74, 6) is 0.0443. The van der Waals surface area contributed by atoms with Crippen LogP contribution >= 0.6 is 0 Å². The van der Waals surface area contributed by atoms with Crippen molar-refractivity contribution < 1.29 is 14.6 Å². The number of amides is 1. The molecule has 1 aromatic rings. The van der Waals surface area contributed by atoms with E-state index in [2.05, 4.69) is 5.32 Å². The van der Waals surface area contributed by atoms with E-state index in [9.17, 15) is 9.90 Å². The molecule has 1 amide bonds. The van der Waals surface area contributed by atoms with Crippen LogP contribution in [0, 0.1) is 13.8 Å². The fraction of sp³-hybridized carbons (Fsp3) is 0.500. The molecule has 2 N–H and O–H groups in total. The lowest BCUT2D eigenvalue weighted by molar-refractivity contribution is -0.116. The lowest BCUT2D eigenvalue weighted by Gasteiger charge is -2.36. The number of aliphatic hydroxyl groups excluding tert-OH is 1. The highest BCUT2D eigenvalue weighted by Gasteiger charge is 2.48. The molecule has 0 bridgehead atoms. The molecule has 1 aliphatic carbocycles. The van der Waals surface area contributed by atoms with Crippen LogP contribution in [0.1, 0.15) is 42.4 Å². The molecule has 1 heterocycles. The largest absolute Gasteiger partial charge is 0.509 e. The lowest BCUT2D eigenvalue weighted by Crippen LogP contribution is -2.48. The van der Waals surface area contributed by atoms with Gasteiger partial charge in [-0.3, -0.25) is 4.79 Å². The van der Waals surface area contributed by atoms with Crippen molar-refractivity contribution in [1.82, 2.24) is 5.32 Å². The Labute approximate surface area is 131 Å². The number of carbonyl (C=O) groups excluding carboxylic acids is 1. The van der Waals surface area contributed by atoms with Gasteiger partial charge < -0.3 is 15.2 Å². The van der Waals surface area contributed by atoms with Gasteiger partial charge in [-0.05, 0) is 50.7 Å². The molecule has 4 heteroatoms. The number of nitrogens with one attached hydrogen (secondary N) is 1. The van der Waals surface area contributed by atoms with Crippen LogP contribution in [-0.2, 0) is 9.53 Å². The topological polar surface area (TPSA) is 58.6 Å². The van der Waals surface area contributed by atoms with Gasteiger partial charge in [0.05, 0.1) is 17.2 Å². The smallest absolute Gasteiger partial charge is 0.256 e. The highest BCUT2D eigenvalue weighted by atomic mass is 16.5. The van der Waals surface area contributed by atoms with E-state index in [1.807, 2.05) is 32.0 Å². The molecule has 1 aliphatic heterocycles. The number of aliphatic hydroxyl groups is 1. The van der Waals surface area contributed by atoms with Gasteiger partial charge in [-0.1, -0.05) is 23.8 Å². The minimum absolute atomic E-state index is 0.165. The van der Waals surface area contributed by atoms with Crippen molar-refractivity contribution in [3.63, 3.8) is 0 Å². The zero-order valence-electron chi connectivity index (χ0n) is 13.4. The first kappa shape index (κ1) is 15.1. The van der Waals surface area contributed by atoms with Gasteiger partial charge in [-0.2, -0.15) is 0 Å². The van der Waals surface area contributed by atoms with Crippen LogP contribution in [0.3, 0.4) is 0 Å². The second kappa shape index (κ2) is 5.43. The molecular formula is C18H23NO3. The van der Waals surface area contributed by atoms with Crippen LogP contribution in [0.25, 0.3) is 5.57 Å². The number of benzene rings is 1. The van der Waals surface area contributed by atoms with E-state index in [0.29, 0.717) is 5.57 Å². The maximum Gasteiger partial charge on any atom is 0.256 e. The molecule has 1 aromatic carbocycles. The standard InChI is InChI=1S/C18H23NO3/c1-11-4-5-12(2)14(10-11)15-16(20)18(19-17(15)21)8-6-13(22-3)7-9-18/h4-5,10,13,20H,6-9H2,1-3H3,(H,19,21). The predicted molar refractivity (Wildman–Crippen MR) is 85.6 cm³/mol. The molecule has 0 saturated heterocycles. The maximum absolute atomic E-state index is 12.5. The Kier molecular flexibility index (Phi) is 3.73. The molecule has 0 atom stereocenters. The summed E-state index contributed by atoms with van der Waals surface area (Å²) in [7, 11) is 1.72. The highest BCUT2D eigenvalue weighted by Crippen LogP contribution is 2.42. The summed E-state index contributed by atoms with van der Waals surface area (Å²) < 4.78 is 5.39. The molecule has 1 spiro atoms. The van der Waals surface area contributed by atoms with Crippen LogP contribution in [-0.4, -0.2) is 29.8 Å². The summed E-state index contributed by atoms with van der Waals surface area (Å²) in [5, 5.41) is 13.9. The normalized spacial score (nSPS) is 28.3. The first-order valence-corrected chi connectivity index (χ1v) is 7.83. The SMILES string of the molecule is COC1CCC2(CC1)NC(=O)C(c1cc(C)ccc1C)=C2O. The molecular weight excluding hydrogens is 278 g/mol. The minimum atomic E-state index is -0.600. The van der Waals surface area contributed by atoms with Crippen LogP contribution in [0.4, 0.5) is 0 Å². The van der Waals surface area contributed by atoms with Gasteiger partial charge in [0.2, 0.25) is 0 Å². The second-order valence-corrected chi connectivity index (χ2v) is 6.51. The Hall–Kier alpha value is -1.81. The van der Waals surface area contributed by atoms with Crippen LogP contribution < -0.4 is 5.32 Å². The molecule has 1 fully saturated rings. The molecule has 22 heavy (non-hydrogen) atoms. The molecule has 4 nitrogen and oxygen atoms in total. The third-order valence-corrected chi connectivity index (χ3v) is 5.05. The number of carbonyl (C=O) groups is 1. The van der Waals surface area contributed by atoms with Gasteiger partial charge in [0.15, 0.2) is 0 Å². The summed E-state index contributed by atoms with van der Waals surface area (Å²) in [6, 6.07) is 5.98. The number of rotatable bonds is 2.